The Kier molecular flexibility index (Phi) is 3.83. The zero-order chi connectivity index (χ0) is 14.1. The van der Waals surface area contributed by atoms with Gasteiger partial charge in [0.2, 0.25) is 0 Å². The van der Waals surface area contributed by atoms with Gasteiger partial charge in [-0.15, -0.1) is 0 Å². The van der Waals surface area contributed by atoms with Crippen molar-refractivity contribution in [1.82, 2.24) is 15.3 Å². The topological polar surface area (TPSA) is 61.9 Å². The normalized spacial score (nSPS) is 30.8. The molecule has 0 unspecified atom stereocenters. The van der Waals surface area contributed by atoms with Gasteiger partial charge in [0.05, 0.1) is 12.1 Å². The minimum Gasteiger partial charge on any atom is -0.323 e. The van der Waals surface area contributed by atoms with Gasteiger partial charge in [0, 0.05) is 13.6 Å². The number of amides is 3. The maximum absolute atomic E-state index is 12.2. The van der Waals surface area contributed by atoms with Crippen molar-refractivity contribution in [1.29, 1.82) is 0 Å². The Balaban J connectivity index is 1.53. The first kappa shape index (κ1) is 13.7. The van der Waals surface area contributed by atoms with Gasteiger partial charge in [-0.05, 0) is 25.7 Å². The lowest BCUT2D eigenvalue weighted by atomic mass is 9.98. The van der Waals surface area contributed by atoms with Crippen LogP contribution in [0.1, 0.15) is 44.9 Å². The molecule has 6 heteroatoms. The van der Waals surface area contributed by atoms with Gasteiger partial charge >= 0.3 is 6.03 Å². The number of likely N-dealkylation sites (N-methyl/N-ethyl adjacent to an activating group) is 1. The smallest absolute Gasteiger partial charge is 0.320 e. The fourth-order valence-corrected chi connectivity index (χ4v) is 3.50. The number of hydrogen-bond donors (Lipinski definition) is 1. The van der Waals surface area contributed by atoms with E-state index in [9.17, 15) is 9.59 Å². The van der Waals surface area contributed by atoms with Crippen LogP contribution in [0.25, 0.3) is 0 Å². The van der Waals surface area contributed by atoms with Gasteiger partial charge < -0.3 is 9.80 Å². The number of hydrogen-bond acceptors (Lipinski definition) is 3. The first-order valence-electron chi connectivity index (χ1n) is 7.66. The molecule has 2 atom stereocenters. The van der Waals surface area contributed by atoms with Crippen LogP contribution >= 0.6 is 0 Å². The summed E-state index contributed by atoms with van der Waals surface area (Å²) < 4.78 is 0. The van der Waals surface area contributed by atoms with Crippen LogP contribution in [0.3, 0.4) is 0 Å². The van der Waals surface area contributed by atoms with Crippen molar-refractivity contribution >= 4 is 11.9 Å². The van der Waals surface area contributed by atoms with Crippen LogP contribution in [0.5, 0.6) is 0 Å². The molecule has 2 saturated heterocycles. The second kappa shape index (κ2) is 5.60. The molecule has 2 bridgehead atoms. The van der Waals surface area contributed by atoms with E-state index in [1.165, 1.54) is 19.3 Å². The molecule has 0 aromatic carbocycles. The van der Waals surface area contributed by atoms with E-state index in [4.69, 9.17) is 4.84 Å². The van der Waals surface area contributed by atoms with Crippen LogP contribution in [0.15, 0.2) is 0 Å². The van der Waals surface area contributed by atoms with E-state index in [0.717, 1.165) is 25.7 Å². The third-order valence-electron chi connectivity index (χ3n) is 4.83. The van der Waals surface area contributed by atoms with E-state index in [1.807, 2.05) is 7.05 Å². The van der Waals surface area contributed by atoms with Gasteiger partial charge in [-0.25, -0.2) is 10.3 Å². The molecule has 112 valence electrons. The molecule has 20 heavy (non-hydrogen) atoms. The van der Waals surface area contributed by atoms with Crippen molar-refractivity contribution < 1.29 is 14.4 Å². The standard InChI is InChI=1S/C14H23N3O3/c1-16-10-7-8-12(17(9-10)14(16)19)13(18)15-20-11-5-3-2-4-6-11/h10-12H,2-9H2,1H3,(H,15,18)/t10-,12+/m1/s1. The molecule has 1 aliphatic carbocycles. The summed E-state index contributed by atoms with van der Waals surface area (Å²) in [7, 11) is 1.81. The van der Waals surface area contributed by atoms with Crippen LogP contribution in [0.4, 0.5) is 4.79 Å². The zero-order valence-corrected chi connectivity index (χ0v) is 12.0. The third kappa shape index (κ3) is 2.49. The quantitative estimate of drug-likeness (QED) is 0.792. The molecule has 3 fully saturated rings. The second-order valence-electron chi connectivity index (χ2n) is 6.14. The van der Waals surface area contributed by atoms with Crippen molar-refractivity contribution in [3.8, 4) is 0 Å². The zero-order valence-electron chi connectivity index (χ0n) is 12.0. The molecule has 1 saturated carbocycles. The van der Waals surface area contributed by atoms with Crippen LogP contribution in [-0.2, 0) is 9.63 Å². The molecule has 3 aliphatic rings. The number of nitrogens with zero attached hydrogens (tertiary/aromatic N) is 2. The second-order valence-corrected chi connectivity index (χ2v) is 6.14. The fourth-order valence-electron chi connectivity index (χ4n) is 3.50. The maximum atomic E-state index is 12.2. The van der Waals surface area contributed by atoms with Gasteiger partial charge in [-0.3, -0.25) is 9.63 Å². The van der Waals surface area contributed by atoms with Gasteiger partial charge in [0.1, 0.15) is 6.04 Å². The number of urea groups is 1. The van der Waals surface area contributed by atoms with Crippen molar-refractivity contribution in [2.24, 2.45) is 0 Å². The first-order chi connectivity index (χ1) is 9.66. The molecule has 0 spiro atoms. The Morgan fingerprint density at radius 2 is 1.95 bits per heavy atom. The number of carbonyl (C=O) groups excluding carboxylic acids is 2. The Morgan fingerprint density at radius 3 is 2.70 bits per heavy atom. The number of hydroxylamine groups is 1. The van der Waals surface area contributed by atoms with Crippen molar-refractivity contribution in [3.63, 3.8) is 0 Å². The lowest BCUT2D eigenvalue weighted by Crippen LogP contribution is -2.50. The summed E-state index contributed by atoms with van der Waals surface area (Å²) in [5.41, 5.74) is 2.59. The lowest BCUT2D eigenvalue weighted by Gasteiger charge is -2.30. The summed E-state index contributed by atoms with van der Waals surface area (Å²) in [6, 6.07) is -0.136. The fraction of sp³-hybridized carbons (Fsp3) is 0.857. The van der Waals surface area contributed by atoms with Gasteiger partial charge in [0.15, 0.2) is 0 Å². The highest BCUT2D eigenvalue weighted by atomic mass is 16.7. The van der Waals surface area contributed by atoms with E-state index in [2.05, 4.69) is 5.48 Å². The van der Waals surface area contributed by atoms with Gasteiger partial charge in [-0.2, -0.15) is 0 Å². The summed E-state index contributed by atoms with van der Waals surface area (Å²) in [5.74, 6) is -0.169. The summed E-state index contributed by atoms with van der Waals surface area (Å²) >= 11 is 0. The minimum atomic E-state index is -0.368. The first-order valence-corrected chi connectivity index (χ1v) is 7.66. The van der Waals surface area contributed by atoms with Crippen LogP contribution < -0.4 is 5.48 Å². The molecule has 3 rings (SSSR count). The van der Waals surface area contributed by atoms with Crippen LogP contribution in [0.2, 0.25) is 0 Å². The molecule has 0 aromatic rings. The Morgan fingerprint density at radius 1 is 1.20 bits per heavy atom. The molecule has 0 aromatic heterocycles. The van der Waals surface area contributed by atoms with E-state index in [-0.39, 0.29) is 30.1 Å². The molecule has 6 nitrogen and oxygen atoms in total. The van der Waals surface area contributed by atoms with E-state index in [0.29, 0.717) is 6.54 Å². The van der Waals surface area contributed by atoms with E-state index < -0.39 is 0 Å². The Bertz CT molecular complexity index is 395. The summed E-state index contributed by atoms with van der Waals surface area (Å²) in [4.78, 5) is 33.2. The molecule has 2 heterocycles. The molecule has 1 N–H and O–H groups in total. The predicted molar refractivity (Wildman–Crippen MR) is 72.8 cm³/mol. The Hall–Kier alpha value is -1.30. The molecular formula is C14H23N3O3. The highest BCUT2D eigenvalue weighted by Crippen LogP contribution is 2.28. The van der Waals surface area contributed by atoms with Crippen molar-refractivity contribution in [3.05, 3.63) is 0 Å². The average molecular weight is 281 g/mol. The SMILES string of the molecule is CN1C(=O)N2C[C@H]1CC[C@H]2C(=O)NOC1CCCCC1. The lowest BCUT2D eigenvalue weighted by molar-refractivity contribution is -0.145. The van der Waals surface area contributed by atoms with E-state index >= 15 is 0 Å². The average Bonchev–Trinajstić information content (AvgIpc) is 2.71. The molecule has 3 amide bonds. The highest BCUT2D eigenvalue weighted by molar-refractivity contribution is 5.88. The minimum absolute atomic E-state index is 0.0367. The van der Waals surface area contributed by atoms with Crippen LogP contribution in [-0.4, -0.2) is 53.5 Å². The predicted octanol–water partition coefficient (Wildman–Crippen LogP) is 1.27. The number of nitrogens with one attached hydrogen (secondary N) is 1. The molecule has 2 aliphatic heterocycles. The summed E-state index contributed by atoms with van der Waals surface area (Å²) in [6.45, 7) is 0.664. The number of fused-ring (bicyclic) bond motifs is 2. The van der Waals surface area contributed by atoms with Gasteiger partial charge in [0.25, 0.3) is 5.91 Å². The largest absolute Gasteiger partial charge is 0.323 e. The van der Waals surface area contributed by atoms with Gasteiger partial charge in [-0.1, -0.05) is 19.3 Å². The monoisotopic (exact) mass is 281 g/mol. The van der Waals surface area contributed by atoms with Crippen molar-refractivity contribution in [2.45, 2.75) is 63.1 Å². The molecule has 0 radical (unpaired) electrons. The van der Waals surface area contributed by atoms with E-state index in [1.54, 1.807) is 9.80 Å². The number of carbonyl (C=O) groups is 2. The highest BCUT2D eigenvalue weighted by Gasteiger charge is 2.45. The number of piperidine rings is 1. The van der Waals surface area contributed by atoms with Crippen LogP contribution in [0, 0.1) is 0 Å². The summed E-state index contributed by atoms with van der Waals surface area (Å²) in [5, 5.41) is 0. The number of rotatable bonds is 3. The van der Waals surface area contributed by atoms with Crippen molar-refractivity contribution in [2.75, 3.05) is 13.6 Å². The summed E-state index contributed by atoms with van der Waals surface area (Å²) in [6.07, 6.45) is 7.37. The maximum Gasteiger partial charge on any atom is 0.320 e. The Labute approximate surface area is 119 Å². The third-order valence-corrected chi connectivity index (χ3v) is 4.83. The molecular weight excluding hydrogens is 258 g/mol.